The van der Waals surface area contributed by atoms with Gasteiger partial charge in [0.1, 0.15) is 5.75 Å². The third-order valence-electron chi connectivity index (χ3n) is 3.04. The van der Waals surface area contributed by atoms with Crippen LogP contribution in [0.2, 0.25) is 0 Å². The molecule has 0 saturated heterocycles. The van der Waals surface area contributed by atoms with Crippen LogP contribution in [0.3, 0.4) is 0 Å². The van der Waals surface area contributed by atoms with Crippen LogP contribution in [0, 0.1) is 10.1 Å². The van der Waals surface area contributed by atoms with Crippen LogP contribution in [0.5, 0.6) is 5.75 Å². The Balaban J connectivity index is 2.01. The first-order valence-electron chi connectivity index (χ1n) is 7.15. The van der Waals surface area contributed by atoms with E-state index in [0.717, 1.165) is 11.3 Å². The van der Waals surface area contributed by atoms with Crippen molar-refractivity contribution in [2.75, 3.05) is 11.9 Å². The molecule has 0 heterocycles. The summed E-state index contributed by atoms with van der Waals surface area (Å²) in [6.45, 7) is 2.51. The first kappa shape index (κ1) is 17.7. The van der Waals surface area contributed by atoms with Crippen LogP contribution in [0.4, 0.5) is 11.4 Å². The van der Waals surface area contributed by atoms with E-state index in [0.29, 0.717) is 16.8 Å². The fraction of sp³-hybridized carbons (Fsp3) is 0.118. The van der Waals surface area contributed by atoms with Gasteiger partial charge in [0.05, 0.1) is 17.2 Å². The lowest BCUT2D eigenvalue weighted by atomic mass is 10.2. The minimum atomic E-state index is -0.498. The maximum Gasteiger partial charge on any atom is 0.270 e. The van der Waals surface area contributed by atoms with Gasteiger partial charge in [-0.25, -0.2) is 0 Å². The second kappa shape index (κ2) is 8.26. The molecule has 0 fully saturated rings. The van der Waals surface area contributed by atoms with Crippen LogP contribution in [0.15, 0.2) is 53.0 Å². The molecule has 0 saturated carbocycles. The molecular formula is C17H15BrN2O4. The SMILES string of the molecule is CCOc1ccc(/C=C/C(=O)Nc2ccc([N+](=O)[O-])cc2Br)cc1. The summed E-state index contributed by atoms with van der Waals surface area (Å²) >= 11 is 3.21. The van der Waals surface area contributed by atoms with Gasteiger partial charge in [0.15, 0.2) is 0 Å². The van der Waals surface area contributed by atoms with Crippen molar-refractivity contribution in [2.45, 2.75) is 6.92 Å². The molecule has 0 radical (unpaired) electrons. The van der Waals surface area contributed by atoms with Gasteiger partial charge in [-0.2, -0.15) is 0 Å². The topological polar surface area (TPSA) is 81.5 Å². The number of hydrogen-bond acceptors (Lipinski definition) is 4. The van der Waals surface area contributed by atoms with Crippen LogP contribution in [-0.2, 0) is 4.79 Å². The second-order valence-corrected chi connectivity index (χ2v) is 5.60. The Bertz CT molecular complexity index is 773. The molecule has 6 nitrogen and oxygen atoms in total. The van der Waals surface area contributed by atoms with Gasteiger partial charge in [-0.1, -0.05) is 12.1 Å². The fourth-order valence-corrected chi connectivity index (χ4v) is 2.37. The molecule has 0 aliphatic carbocycles. The molecule has 24 heavy (non-hydrogen) atoms. The Morgan fingerprint density at radius 1 is 1.29 bits per heavy atom. The molecule has 0 unspecified atom stereocenters. The van der Waals surface area contributed by atoms with Crippen molar-refractivity contribution in [2.24, 2.45) is 0 Å². The maximum absolute atomic E-state index is 11.9. The summed E-state index contributed by atoms with van der Waals surface area (Å²) in [4.78, 5) is 22.1. The monoisotopic (exact) mass is 390 g/mol. The Morgan fingerprint density at radius 3 is 2.58 bits per heavy atom. The van der Waals surface area contributed by atoms with E-state index < -0.39 is 4.92 Å². The van der Waals surface area contributed by atoms with Gasteiger partial charge in [0.25, 0.3) is 5.69 Å². The van der Waals surface area contributed by atoms with Crippen molar-refractivity contribution in [3.05, 3.63) is 68.7 Å². The van der Waals surface area contributed by atoms with E-state index in [4.69, 9.17) is 4.74 Å². The van der Waals surface area contributed by atoms with Gasteiger partial charge in [0.2, 0.25) is 5.91 Å². The Labute approximate surface area is 147 Å². The highest BCUT2D eigenvalue weighted by Crippen LogP contribution is 2.27. The standard InChI is InChI=1S/C17H15BrN2O4/c1-2-24-14-7-3-12(4-8-14)5-10-17(21)19-16-9-6-13(20(22)23)11-15(16)18/h3-11H,2H2,1H3,(H,19,21)/b10-5+. The fourth-order valence-electron chi connectivity index (χ4n) is 1.91. The molecule has 124 valence electrons. The summed E-state index contributed by atoms with van der Waals surface area (Å²) in [7, 11) is 0. The Hall–Kier alpha value is -2.67. The number of carbonyl (C=O) groups is 1. The maximum atomic E-state index is 11.9. The number of anilines is 1. The third kappa shape index (κ3) is 4.92. The van der Waals surface area contributed by atoms with Crippen molar-refractivity contribution in [1.82, 2.24) is 0 Å². The lowest BCUT2D eigenvalue weighted by Crippen LogP contribution is -2.08. The summed E-state index contributed by atoms with van der Waals surface area (Å²) < 4.78 is 5.79. The van der Waals surface area contributed by atoms with Gasteiger partial charge in [-0.05, 0) is 52.7 Å². The smallest absolute Gasteiger partial charge is 0.270 e. The lowest BCUT2D eigenvalue weighted by molar-refractivity contribution is -0.384. The van der Waals surface area contributed by atoms with E-state index in [1.807, 2.05) is 31.2 Å². The number of nitro groups is 1. The predicted octanol–water partition coefficient (Wildman–Crippen LogP) is 4.41. The minimum absolute atomic E-state index is 0.0511. The van der Waals surface area contributed by atoms with E-state index >= 15 is 0 Å². The molecule has 1 N–H and O–H groups in total. The van der Waals surface area contributed by atoms with Gasteiger partial charge >= 0.3 is 0 Å². The van der Waals surface area contributed by atoms with Crippen LogP contribution in [-0.4, -0.2) is 17.4 Å². The summed E-state index contributed by atoms with van der Waals surface area (Å²) in [5.74, 6) is 0.437. The summed E-state index contributed by atoms with van der Waals surface area (Å²) in [6.07, 6.45) is 3.06. The summed E-state index contributed by atoms with van der Waals surface area (Å²) in [5, 5.41) is 13.3. The van der Waals surface area contributed by atoms with Crippen LogP contribution < -0.4 is 10.1 Å². The molecule has 0 aromatic heterocycles. The molecular weight excluding hydrogens is 376 g/mol. The summed E-state index contributed by atoms with van der Waals surface area (Å²) in [5.41, 5.74) is 1.27. The number of ether oxygens (including phenoxy) is 1. The van der Waals surface area contributed by atoms with Gasteiger partial charge in [-0.3, -0.25) is 14.9 Å². The molecule has 2 aromatic rings. The van der Waals surface area contributed by atoms with Crippen molar-refractivity contribution in [3.8, 4) is 5.75 Å². The number of non-ortho nitro benzene ring substituents is 1. The molecule has 0 aliphatic rings. The number of benzene rings is 2. The first-order chi connectivity index (χ1) is 11.5. The largest absolute Gasteiger partial charge is 0.494 e. The number of nitrogens with zero attached hydrogens (tertiary/aromatic N) is 1. The van der Waals surface area contributed by atoms with Crippen molar-refractivity contribution in [3.63, 3.8) is 0 Å². The molecule has 7 heteroatoms. The van der Waals surface area contributed by atoms with Crippen LogP contribution in [0.25, 0.3) is 6.08 Å². The highest BCUT2D eigenvalue weighted by molar-refractivity contribution is 9.10. The molecule has 1 amide bonds. The molecule has 2 aromatic carbocycles. The number of amides is 1. The average molecular weight is 391 g/mol. The normalized spacial score (nSPS) is 10.6. The predicted molar refractivity (Wildman–Crippen MR) is 96.1 cm³/mol. The van der Waals surface area contributed by atoms with E-state index in [2.05, 4.69) is 21.2 Å². The second-order valence-electron chi connectivity index (χ2n) is 4.75. The zero-order valence-corrected chi connectivity index (χ0v) is 14.4. The van der Waals surface area contributed by atoms with Gasteiger partial charge < -0.3 is 10.1 Å². The van der Waals surface area contributed by atoms with Crippen molar-refractivity contribution < 1.29 is 14.5 Å². The molecule has 0 bridgehead atoms. The highest BCUT2D eigenvalue weighted by Gasteiger charge is 2.10. The molecule has 0 aliphatic heterocycles. The van der Waals surface area contributed by atoms with Crippen LogP contribution in [0.1, 0.15) is 12.5 Å². The number of carbonyl (C=O) groups excluding carboxylic acids is 1. The van der Waals surface area contributed by atoms with Crippen molar-refractivity contribution >= 4 is 39.3 Å². The summed E-state index contributed by atoms with van der Waals surface area (Å²) in [6, 6.07) is 11.5. The van der Waals surface area contributed by atoms with E-state index in [1.165, 1.54) is 24.3 Å². The molecule has 2 rings (SSSR count). The quantitative estimate of drug-likeness (QED) is 0.449. The molecule has 0 atom stereocenters. The van der Waals surface area contributed by atoms with Gasteiger partial charge in [-0.15, -0.1) is 0 Å². The van der Waals surface area contributed by atoms with E-state index in [-0.39, 0.29) is 11.6 Å². The Kier molecular flexibility index (Phi) is 6.08. The van der Waals surface area contributed by atoms with Gasteiger partial charge in [0, 0.05) is 22.7 Å². The third-order valence-corrected chi connectivity index (χ3v) is 3.70. The minimum Gasteiger partial charge on any atom is -0.494 e. The van der Waals surface area contributed by atoms with Crippen molar-refractivity contribution in [1.29, 1.82) is 0 Å². The number of nitrogens with one attached hydrogen (secondary N) is 1. The number of halogens is 1. The zero-order valence-electron chi connectivity index (χ0n) is 12.9. The first-order valence-corrected chi connectivity index (χ1v) is 7.94. The van der Waals surface area contributed by atoms with E-state index in [9.17, 15) is 14.9 Å². The number of nitro benzene ring substituents is 1. The lowest BCUT2D eigenvalue weighted by Gasteiger charge is -2.05. The average Bonchev–Trinajstić information content (AvgIpc) is 2.56. The van der Waals surface area contributed by atoms with E-state index in [1.54, 1.807) is 6.08 Å². The zero-order chi connectivity index (χ0) is 17.5. The highest BCUT2D eigenvalue weighted by atomic mass is 79.9. The molecule has 0 spiro atoms. The Morgan fingerprint density at radius 2 is 2.00 bits per heavy atom. The number of hydrogen-bond donors (Lipinski definition) is 1. The van der Waals surface area contributed by atoms with Crippen LogP contribution >= 0.6 is 15.9 Å². The number of rotatable bonds is 6.